The van der Waals surface area contributed by atoms with Gasteiger partial charge in [0.1, 0.15) is 11.6 Å². The third-order valence-electron chi connectivity index (χ3n) is 2.67. The molecule has 5 heteroatoms. The van der Waals surface area contributed by atoms with E-state index >= 15 is 0 Å². The van der Waals surface area contributed by atoms with Crippen molar-refractivity contribution in [3.8, 4) is 0 Å². The van der Waals surface area contributed by atoms with Gasteiger partial charge in [-0.2, -0.15) is 0 Å². The molecule has 0 aliphatic rings. The third-order valence-corrected chi connectivity index (χ3v) is 2.67. The van der Waals surface area contributed by atoms with E-state index in [4.69, 9.17) is 5.11 Å². The first-order valence-corrected chi connectivity index (χ1v) is 5.73. The van der Waals surface area contributed by atoms with Crippen molar-refractivity contribution in [2.24, 2.45) is 0 Å². The third kappa shape index (κ3) is 3.51. The highest BCUT2D eigenvalue weighted by Crippen LogP contribution is 2.13. The summed E-state index contributed by atoms with van der Waals surface area (Å²) in [6, 6.07) is 4.48. The Labute approximate surface area is 109 Å². The van der Waals surface area contributed by atoms with Crippen LogP contribution in [0.15, 0.2) is 36.7 Å². The SMILES string of the molecule is Cc1nccn1Cc1cc(F)cc(C=CC(=O)O)c1. The highest BCUT2D eigenvalue weighted by molar-refractivity contribution is 5.85. The molecule has 0 unspecified atom stereocenters. The van der Waals surface area contributed by atoms with Crippen LogP contribution in [0.5, 0.6) is 0 Å². The fraction of sp³-hybridized carbons (Fsp3) is 0.143. The summed E-state index contributed by atoms with van der Waals surface area (Å²) in [7, 11) is 0. The summed E-state index contributed by atoms with van der Waals surface area (Å²) in [5, 5.41) is 8.56. The largest absolute Gasteiger partial charge is 0.478 e. The Morgan fingerprint density at radius 1 is 1.47 bits per heavy atom. The van der Waals surface area contributed by atoms with Gasteiger partial charge in [-0.25, -0.2) is 14.2 Å². The minimum absolute atomic E-state index is 0.389. The molecular formula is C14H13FN2O2. The summed E-state index contributed by atoms with van der Waals surface area (Å²) in [6.45, 7) is 2.36. The molecule has 98 valence electrons. The zero-order valence-corrected chi connectivity index (χ0v) is 10.4. The van der Waals surface area contributed by atoms with E-state index in [-0.39, 0.29) is 5.82 Å². The maximum Gasteiger partial charge on any atom is 0.328 e. The molecular weight excluding hydrogens is 247 g/mol. The molecule has 0 saturated carbocycles. The van der Waals surface area contributed by atoms with E-state index in [2.05, 4.69) is 4.98 Å². The smallest absolute Gasteiger partial charge is 0.328 e. The highest BCUT2D eigenvalue weighted by Gasteiger charge is 2.02. The number of nitrogens with zero attached hydrogens (tertiary/aromatic N) is 2. The lowest BCUT2D eigenvalue weighted by Crippen LogP contribution is -2.01. The van der Waals surface area contributed by atoms with E-state index in [1.54, 1.807) is 12.3 Å². The van der Waals surface area contributed by atoms with Crippen LogP contribution in [0.25, 0.3) is 6.08 Å². The molecule has 0 saturated heterocycles. The van der Waals surface area contributed by atoms with Gasteiger partial charge in [-0.05, 0) is 42.3 Å². The predicted molar refractivity (Wildman–Crippen MR) is 69.1 cm³/mol. The summed E-state index contributed by atoms with van der Waals surface area (Å²) < 4.78 is 15.4. The van der Waals surface area contributed by atoms with Crippen molar-refractivity contribution in [1.82, 2.24) is 9.55 Å². The quantitative estimate of drug-likeness (QED) is 0.859. The van der Waals surface area contributed by atoms with E-state index in [1.165, 1.54) is 18.2 Å². The monoisotopic (exact) mass is 260 g/mol. The van der Waals surface area contributed by atoms with Gasteiger partial charge in [-0.1, -0.05) is 0 Å². The van der Waals surface area contributed by atoms with Crippen molar-refractivity contribution in [3.05, 3.63) is 59.4 Å². The molecule has 0 aliphatic heterocycles. The lowest BCUT2D eigenvalue weighted by atomic mass is 10.1. The van der Waals surface area contributed by atoms with Gasteiger partial charge in [0.2, 0.25) is 0 Å². The van der Waals surface area contributed by atoms with Gasteiger partial charge in [0.15, 0.2) is 0 Å². The number of imidazole rings is 1. The summed E-state index contributed by atoms with van der Waals surface area (Å²) >= 11 is 0. The first-order chi connectivity index (χ1) is 9.04. The molecule has 0 amide bonds. The summed E-state index contributed by atoms with van der Waals surface area (Å²) in [5.74, 6) is -0.608. The van der Waals surface area contributed by atoms with Crippen molar-refractivity contribution >= 4 is 12.0 Å². The second-order valence-corrected chi connectivity index (χ2v) is 4.17. The molecule has 0 radical (unpaired) electrons. The summed E-state index contributed by atoms with van der Waals surface area (Å²) in [6.07, 6.45) is 5.85. The van der Waals surface area contributed by atoms with E-state index in [0.29, 0.717) is 12.1 Å². The molecule has 1 N–H and O–H groups in total. The van der Waals surface area contributed by atoms with E-state index in [1.807, 2.05) is 17.7 Å². The van der Waals surface area contributed by atoms with E-state index < -0.39 is 5.97 Å². The normalized spacial score (nSPS) is 11.1. The number of carbonyl (C=O) groups is 1. The Morgan fingerprint density at radius 3 is 2.89 bits per heavy atom. The second kappa shape index (κ2) is 5.48. The van der Waals surface area contributed by atoms with Gasteiger partial charge < -0.3 is 9.67 Å². The van der Waals surface area contributed by atoms with Crippen LogP contribution in [0.1, 0.15) is 17.0 Å². The number of carboxylic acid groups (broad SMARTS) is 1. The van der Waals surface area contributed by atoms with Gasteiger partial charge in [0.05, 0.1) is 0 Å². The number of aliphatic carboxylic acids is 1. The van der Waals surface area contributed by atoms with Crippen LogP contribution in [0.4, 0.5) is 4.39 Å². The molecule has 19 heavy (non-hydrogen) atoms. The topological polar surface area (TPSA) is 55.1 Å². The van der Waals surface area contributed by atoms with Crippen molar-refractivity contribution in [2.45, 2.75) is 13.5 Å². The van der Waals surface area contributed by atoms with Crippen LogP contribution in [0.3, 0.4) is 0 Å². The maximum atomic E-state index is 13.5. The van der Waals surface area contributed by atoms with Crippen LogP contribution in [0, 0.1) is 12.7 Å². The first-order valence-electron chi connectivity index (χ1n) is 5.73. The van der Waals surface area contributed by atoms with Gasteiger partial charge in [-0.3, -0.25) is 0 Å². The van der Waals surface area contributed by atoms with E-state index in [9.17, 15) is 9.18 Å². The molecule has 0 atom stereocenters. The lowest BCUT2D eigenvalue weighted by molar-refractivity contribution is -0.131. The number of carboxylic acids is 1. The summed E-state index contributed by atoms with van der Waals surface area (Å²) in [4.78, 5) is 14.5. The first kappa shape index (κ1) is 13.0. The predicted octanol–water partition coefficient (Wildman–Crippen LogP) is 2.48. The standard InChI is InChI=1S/C14H13FN2O2/c1-10-16-4-5-17(10)9-12-6-11(2-3-14(18)19)7-13(15)8-12/h2-8H,9H2,1H3,(H,18,19). The number of hydrogen-bond donors (Lipinski definition) is 1. The van der Waals surface area contributed by atoms with Crippen LogP contribution in [-0.2, 0) is 11.3 Å². The maximum absolute atomic E-state index is 13.5. The number of rotatable bonds is 4. The van der Waals surface area contributed by atoms with Crippen LogP contribution < -0.4 is 0 Å². The van der Waals surface area contributed by atoms with Gasteiger partial charge >= 0.3 is 5.97 Å². The Balaban J connectivity index is 2.26. The van der Waals surface area contributed by atoms with Crippen molar-refractivity contribution in [2.75, 3.05) is 0 Å². The fourth-order valence-corrected chi connectivity index (χ4v) is 1.80. The van der Waals surface area contributed by atoms with Gasteiger partial charge in [0, 0.05) is 25.0 Å². The molecule has 1 heterocycles. The Hall–Kier alpha value is -2.43. The molecule has 2 aromatic rings. The van der Waals surface area contributed by atoms with Crippen molar-refractivity contribution in [1.29, 1.82) is 0 Å². The molecule has 0 aliphatic carbocycles. The molecule has 1 aromatic heterocycles. The molecule has 0 fully saturated rings. The molecule has 0 spiro atoms. The molecule has 0 bridgehead atoms. The number of hydrogen-bond acceptors (Lipinski definition) is 2. The number of halogens is 1. The van der Waals surface area contributed by atoms with Crippen LogP contribution >= 0.6 is 0 Å². The minimum atomic E-state index is -1.06. The Bertz CT molecular complexity index is 632. The van der Waals surface area contributed by atoms with Crippen LogP contribution in [0.2, 0.25) is 0 Å². The zero-order valence-electron chi connectivity index (χ0n) is 10.4. The van der Waals surface area contributed by atoms with Crippen LogP contribution in [-0.4, -0.2) is 20.6 Å². The Morgan fingerprint density at radius 2 is 2.26 bits per heavy atom. The number of aryl methyl sites for hydroxylation is 1. The van der Waals surface area contributed by atoms with Crippen molar-refractivity contribution < 1.29 is 14.3 Å². The minimum Gasteiger partial charge on any atom is -0.478 e. The lowest BCUT2D eigenvalue weighted by Gasteiger charge is -2.06. The fourth-order valence-electron chi connectivity index (χ4n) is 1.80. The average molecular weight is 260 g/mol. The van der Waals surface area contributed by atoms with Gasteiger partial charge in [-0.15, -0.1) is 0 Å². The number of benzene rings is 1. The van der Waals surface area contributed by atoms with E-state index in [0.717, 1.165) is 17.5 Å². The molecule has 2 rings (SSSR count). The second-order valence-electron chi connectivity index (χ2n) is 4.17. The molecule has 1 aromatic carbocycles. The molecule has 4 nitrogen and oxygen atoms in total. The Kier molecular flexibility index (Phi) is 3.75. The summed E-state index contributed by atoms with van der Waals surface area (Å²) in [5.41, 5.74) is 1.28. The van der Waals surface area contributed by atoms with Gasteiger partial charge in [0.25, 0.3) is 0 Å². The average Bonchev–Trinajstić information content (AvgIpc) is 2.72. The zero-order chi connectivity index (χ0) is 13.8. The number of aromatic nitrogens is 2. The highest BCUT2D eigenvalue weighted by atomic mass is 19.1. The van der Waals surface area contributed by atoms with Crippen molar-refractivity contribution in [3.63, 3.8) is 0 Å².